The molecular formula is C22H28N2O3. The molecule has 1 N–H and O–H groups in total. The topological polar surface area (TPSA) is 50.8 Å². The summed E-state index contributed by atoms with van der Waals surface area (Å²) in [6, 6.07) is 16.2. The van der Waals surface area contributed by atoms with Crippen molar-refractivity contribution in [2.24, 2.45) is 0 Å². The standard InChI is InChI=1S/C22H28N2O3/c1-22(2,17-8-6-5-7-9-17)13-21(25)23-14-18(24(3)4)16-10-11-19-20(12-16)27-15-26-19/h5-12,18H,13-15H2,1-4H3,(H,23,25). The predicted octanol–water partition coefficient (Wildman–Crippen LogP) is 3.50. The van der Waals surface area contributed by atoms with Crippen LogP contribution in [-0.4, -0.2) is 38.2 Å². The maximum absolute atomic E-state index is 12.6. The zero-order valence-corrected chi connectivity index (χ0v) is 16.5. The van der Waals surface area contributed by atoms with E-state index >= 15 is 0 Å². The van der Waals surface area contributed by atoms with Crippen LogP contribution in [0.2, 0.25) is 0 Å². The molecule has 1 amide bonds. The molecule has 27 heavy (non-hydrogen) atoms. The van der Waals surface area contributed by atoms with Gasteiger partial charge in [0.15, 0.2) is 11.5 Å². The first kappa shape index (κ1) is 19.2. The lowest BCUT2D eigenvalue weighted by Crippen LogP contribution is -2.37. The minimum Gasteiger partial charge on any atom is -0.454 e. The molecule has 0 radical (unpaired) electrons. The summed E-state index contributed by atoms with van der Waals surface area (Å²) in [5.41, 5.74) is 2.05. The highest BCUT2D eigenvalue weighted by molar-refractivity contribution is 5.77. The Hall–Kier alpha value is -2.53. The number of ether oxygens (including phenoxy) is 2. The maximum Gasteiger partial charge on any atom is 0.231 e. The summed E-state index contributed by atoms with van der Waals surface area (Å²) in [5, 5.41) is 3.10. The van der Waals surface area contributed by atoms with Crippen LogP contribution in [0.4, 0.5) is 0 Å². The third-order valence-corrected chi connectivity index (χ3v) is 5.06. The van der Waals surface area contributed by atoms with Crippen LogP contribution in [0.15, 0.2) is 48.5 Å². The SMILES string of the molecule is CN(C)C(CNC(=O)CC(C)(C)c1ccccc1)c1ccc2c(c1)OCO2. The van der Waals surface area contributed by atoms with Crippen molar-refractivity contribution in [2.45, 2.75) is 31.7 Å². The second-order valence-electron chi connectivity index (χ2n) is 7.82. The summed E-state index contributed by atoms with van der Waals surface area (Å²) in [6.45, 7) is 5.00. The molecule has 2 aromatic rings. The van der Waals surface area contributed by atoms with E-state index in [1.54, 1.807) is 0 Å². The van der Waals surface area contributed by atoms with Gasteiger partial charge in [-0.15, -0.1) is 0 Å². The highest BCUT2D eigenvalue weighted by atomic mass is 16.7. The number of carbonyl (C=O) groups excluding carboxylic acids is 1. The van der Waals surface area contributed by atoms with Crippen molar-refractivity contribution < 1.29 is 14.3 Å². The molecule has 0 saturated carbocycles. The Kier molecular flexibility index (Phi) is 5.71. The van der Waals surface area contributed by atoms with Gasteiger partial charge in [-0.25, -0.2) is 0 Å². The van der Waals surface area contributed by atoms with E-state index in [-0.39, 0.29) is 24.2 Å². The van der Waals surface area contributed by atoms with E-state index in [9.17, 15) is 4.79 Å². The smallest absolute Gasteiger partial charge is 0.231 e. The van der Waals surface area contributed by atoms with Gasteiger partial charge < -0.3 is 19.7 Å². The van der Waals surface area contributed by atoms with Crippen molar-refractivity contribution in [1.29, 1.82) is 0 Å². The minimum absolute atomic E-state index is 0.0523. The van der Waals surface area contributed by atoms with Crippen molar-refractivity contribution in [3.8, 4) is 11.5 Å². The fraction of sp³-hybridized carbons (Fsp3) is 0.409. The zero-order chi connectivity index (χ0) is 19.4. The normalized spacial score (nSPS) is 14.3. The van der Waals surface area contributed by atoms with Crippen molar-refractivity contribution in [3.63, 3.8) is 0 Å². The van der Waals surface area contributed by atoms with E-state index < -0.39 is 0 Å². The first-order valence-corrected chi connectivity index (χ1v) is 9.25. The number of amides is 1. The number of benzene rings is 2. The van der Waals surface area contributed by atoms with Crippen LogP contribution in [0.1, 0.15) is 37.4 Å². The fourth-order valence-electron chi connectivity index (χ4n) is 3.38. The van der Waals surface area contributed by atoms with Gasteiger partial charge >= 0.3 is 0 Å². The van der Waals surface area contributed by atoms with E-state index in [2.05, 4.69) is 36.2 Å². The molecule has 144 valence electrons. The molecule has 5 nitrogen and oxygen atoms in total. The van der Waals surface area contributed by atoms with Gasteiger partial charge in [-0.05, 0) is 42.8 Å². The van der Waals surface area contributed by atoms with Crippen LogP contribution < -0.4 is 14.8 Å². The van der Waals surface area contributed by atoms with Gasteiger partial charge in [-0.3, -0.25) is 4.79 Å². The Balaban J connectivity index is 1.63. The molecule has 0 spiro atoms. The zero-order valence-electron chi connectivity index (χ0n) is 16.5. The van der Waals surface area contributed by atoms with Gasteiger partial charge in [0.25, 0.3) is 0 Å². The monoisotopic (exact) mass is 368 g/mol. The minimum atomic E-state index is -0.211. The number of nitrogens with one attached hydrogen (secondary N) is 1. The Bertz CT molecular complexity index is 787. The lowest BCUT2D eigenvalue weighted by Gasteiger charge is -2.27. The van der Waals surface area contributed by atoms with Gasteiger partial charge in [0.1, 0.15) is 0 Å². The second-order valence-corrected chi connectivity index (χ2v) is 7.82. The van der Waals surface area contributed by atoms with Gasteiger partial charge in [0, 0.05) is 13.0 Å². The average Bonchev–Trinajstić information content (AvgIpc) is 3.10. The molecule has 2 aromatic carbocycles. The number of carbonyl (C=O) groups is 1. The van der Waals surface area contributed by atoms with Crippen LogP contribution in [-0.2, 0) is 10.2 Å². The number of likely N-dealkylation sites (N-methyl/N-ethyl adjacent to an activating group) is 1. The molecule has 0 aliphatic carbocycles. The summed E-state index contributed by atoms with van der Waals surface area (Å²) in [6.07, 6.45) is 0.443. The van der Waals surface area contributed by atoms with E-state index in [0.717, 1.165) is 17.1 Å². The quantitative estimate of drug-likeness (QED) is 0.813. The molecule has 1 aliphatic heterocycles. The Morgan fingerprint density at radius 3 is 2.52 bits per heavy atom. The average molecular weight is 368 g/mol. The molecule has 0 bridgehead atoms. The van der Waals surface area contributed by atoms with Crippen LogP contribution >= 0.6 is 0 Å². The highest BCUT2D eigenvalue weighted by Crippen LogP contribution is 2.35. The summed E-state index contributed by atoms with van der Waals surface area (Å²) < 4.78 is 10.9. The van der Waals surface area contributed by atoms with Crippen LogP contribution in [0.3, 0.4) is 0 Å². The maximum atomic E-state index is 12.6. The molecule has 3 rings (SSSR count). The van der Waals surface area contributed by atoms with E-state index in [1.165, 1.54) is 5.56 Å². The molecule has 1 heterocycles. The van der Waals surface area contributed by atoms with Crippen LogP contribution in [0, 0.1) is 0 Å². The molecule has 0 saturated heterocycles. The number of hydrogen-bond donors (Lipinski definition) is 1. The van der Waals surface area contributed by atoms with Crippen molar-refractivity contribution in [3.05, 3.63) is 59.7 Å². The summed E-state index contributed by atoms with van der Waals surface area (Å²) >= 11 is 0. The summed E-state index contributed by atoms with van der Waals surface area (Å²) in [4.78, 5) is 14.7. The third kappa shape index (κ3) is 4.61. The lowest BCUT2D eigenvalue weighted by atomic mass is 9.81. The van der Waals surface area contributed by atoms with Gasteiger partial charge in [0.2, 0.25) is 12.7 Å². The second kappa shape index (κ2) is 8.01. The molecule has 1 unspecified atom stereocenters. The van der Waals surface area contributed by atoms with Crippen LogP contribution in [0.5, 0.6) is 11.5 Å². The van der Waals surface area contributed by atoms with Crippen LogP contribution in [0.25, 0.3) is 0 Å². The van der Waals surface area contributed by atoms with E-state index in [1.807, 2.05) is 50.5 Å². The summed E-state index contributed by atoms with van der Waals surface area (Å²) in [7, 11) is 4.02. The first-order chi connectivity index (χ1) is 12.9. The predicted molar refractivity (Wildman–Crippen MR) is 106 cm³/mol. The number of fused-ring (bicyclic) bond motifs is 1. The summed E-state index contributed by atoms with van der Waals surface area (Å²) in [5.74, 6) is 1.58. The number of hydrogen-bond acceptors (Lipinski definition) is 4. The Labute approximate surface area is 161 Å². The third-order valence-electron chi connectivity index (χ3n) is 5.06. The van der Waals surface area contributed by atoms with Gasteiger partial charge in [0.05, 0.1) is 6.04 Å². The number of rotatable bonds is 7. The molecular weight excluding hydrogens is 340 g/mol. The van der Waals surface area contributed by atoms with Gasteiger partial charge in [-0.2, -0.15) is 0 Å². The molecule has 0 aromatic heterocycles. The van der Waals surface area contributed by atoms with Gasteiger partial charge in [-0.1, -0.05) is 50.2 Å². The van der Waals surface area contributed by atoms with Crippen molar-refractivity contribution in [2.75, 3.05) is 27.4 Å². The molecule has 0 fully saturated rings. The fourth-order valence-corrected chi connectivity index (χ4v) is 3.38. The van der Waals surface area contributed by atoms with E-state index in [4.69, 9.17) is 9.47 Å². The first-order valence-electron chi connectivity index (χ1n) is 9.25. The van der Waals surface area contributed by atoms with Crippen molar-refractivity contribution >= 4 is 5.91 Å². The lowest BCUT2D eigenvalue weighted by molar-refractivity contribution is -0.122. The molecule has 1 aliphatic rings. The van der Waals surface area contributed by atoms with Crippen molar-refractivity contribution in [1.82, 2.24) is 10.2 Å². The Morgan fingerprint density at radius 2 is 1.81 bits per heavy atom. The van der Waals surface area contributed by atoms with E-state index in [0.29, 0.717) is 13.0 Å². The number of nitrogens with zero attached hydrogens (tertiary/aromatic N) is 1. The largest absolute Gasteiger partial charge is 0.454 e. The Morgan fingerprint density at radius 1 is 1.11 bits per heavy atom. The highest BCUT2D eigenvalue weighted by Gasteiger charge is 2.25. The molecule has 1 atom stereocenters. The molecule has 5 heteroatoms.